The molecule has 0 fully saturated rings. The fourth-order valence-corrected chi connectivity index (χ4v) is 1.35. The van der Waals surface area contributed by atoms with E-state index in [4.69, 9.17) is 9.47 Å². The van der Waals surface area contributed by atoms with Crippen molar-refractivity contribution >= 4 is 0 Å². The number of para-hydroxylation sites is 4. The normalized spacial score (nSPS) is 10.3. The highest BCUT2D eigenvalue weighted by Crippen LogP contribution is 2.28. The van der Waals surface area contributed by atoms with E-state index in [9.17, 15) is 15.3 Å². The number of aliphatic hydroxyl groups is 1. The molecule has 0 amide bonds. The Bertz CT molecular complexity index is 479. The van der Waals surface area contributed by atoms with E-state index in [1.54, 1.807) is 24.3 Å². The van der Waals surface area contributed by atoms with Crippen LogP contribution in [0, 0.1) is 0 Å². The molecule has 18 heavy (non-hydrogen) atoms. The van der Waals surface area contributed by atoms with Gasteiger partial charge >= 0.3 is 6.48 Å². The Labute approximate surface area is 103 Å². The minimum Gasteiger partial charge on any atom is -0.504 e. The number of aliphatic hydroxyl groups excluding tert-OH is 1. The number of phenolic OH excluding ortho intramolecular Hbond substituents is 2. The van der Waals surface area contributed by atoms with Crippen LogP contribution < -0.4 is 9.47 Å². The summed E-state index contributed by atoms with van der Waals surface area (Å²) in [7, 11) is 0. The van der Waals surface area contributed by atoms with Gasteiger partial charge in [-0.05, 0) is 24.3 Å². The summed E-state index contributed by atoms with van der Waals surface area (Å²) in [4.78, 5) is 0. The van der Waals surface area contributed by atoms with Gasteiger partial charge in [0.1, 0.15) is 0 Å². The fraction of sp³-hybridized carbons (Fsp3) is 0.0769. The van der Waals surface area contributed by atoms with Crippen molar-refractivity contribution in [1.82, 2.24) is 0 Å². The van der Waals surface area contributed by atoms with E-state index in [0.717, 1.165) is 0 Å². The van der Waals surface area contributed by atoms with E-state index in [0.29, 0.717) is 0 Å². The van der Waals surface area contributed by atoms with Crippen LogP contribution in [0.1, 0.15) is 0 Å². The predicted molar refractivity (Wildman–Crippen MR) is 63.5 cm³/mol. The van der Waals surface area contributed by atoms with Crippen molar-refractivity contribution in [3.05, 3.63) is 48.5 Å². The van der Waals surface area contributed by atoms with Crippen molar-refractivity contribution in [3.8, 4) is 23.0 Å². The number of phenols is 2. The SMILES string of the molecule is Oc1ccccc1OC(O)Oc1ccccc1O. The molecular weight excluding hydrogens is 236 g/mol. The van der Waals surface area contributed by atoms with Crippen molar-refractivity contribution in [3.63, 3.8) is 0 Å². The first-order chi connectivity index (χ1) is 8.66. The number of aromatic hydroxyl groups is 2. The summed E-state index contributed by atoms with van der Waals surface area (Å²) < 4.78 is 9.95. The summed E-state index contributed by atoms with van der Waals surface area (Å²) in [5.74, 6) is -0.0595. The maximum Gasteiger partial charge on any atom is 0.358 e. The third-order valence-electron chi connectivity index (χ3n) is 2.19. The van der Waals surface area contributed by atoms with Gasteiger partial charge in [0, 0.05) is 0 Å². The third kappa shape index (κ3) is 2.83. The van der Waals surface area contributed by atoms with E-state index in [2.05, 4.69) is 0 Å². The average molecular weight is 248 g/mol. The lowest BCUT2D eigenvalue weighted by Crippen LogP contribution is -2.23. The lowest BCUT2D eigenvalue weighted by molar-refractivity contribution is -0.161. The molecule has 0 atom stereocenters. The van der Waals surface area contributed by atoms with Crippen LogP contribution in [0.15, 0.2) is 48.5 Å². The van der Waals surface area contributed by atoms with Crippen molar-refractivity contribution < 1.29 is 24.8 Å². The molecule has 3 N–H and O–H groups in total. The van der Waals surface area contributed by atoms with Crippen LogP contribution in [0.25, 0.3) is 0 Å². The molecule has 0 aliphatic rings. The molecule has 0 saturated carbocycles. The maximum atomic E-state index is 9.54. The van der Waals surface area contributed by atoms with Crippen LogP contribution in [-0.2, 0) is 0 Å². The highest BCUT2D eigenvalue weighted by atomic mass is 16.8. The second kappa shape index (κ2) is 5.29. The van der Waals surface area contributed by atoms with Gasteiger partial charge in [-0.25, -0.2) is 0 Å². The highest BCUT2D eigenvalue weighted by Gasteiger charge is 2.12. The van der Waals surface area contributed by atoms with Gasteiger partial charge in [-0.15, -0.1) is 0 Å². The van der Waals surface area contributed by atoms with Crippen molar-refractivity contribution in [2.45, 2.75) is 6.48 Å². The van der Waals surface area contributed by atoms with Gasteiger partial charge < -0.3 is 24.8 Å². The molecule has 94 valence electrons. The first-order valence-corrected chi connectivity index (χ1v) is 5.24. The zero-order valence-electron chi connectivity index (χ0n) is 9.35. The van der Waals surface area contributed by atoms with Gasteiger partial charge in [-0.1, -0.05) is 24.3 Å². The van der Waals surface area contributed by atoms with Gasteiger partial charge in [0.05, 0.1) is 0 Å². The molecule has 2 aromatic rings. The summed E-state index contributed by atoms with van der Waals surface area (Å²) in [5.41, 5.74) is 0. The molecule has 0 saturated heterocycles. The topological polar surface area (TPSA) is 79.2 Å². The third-order valence-corrected chi connectivity index (χ3v) is 2.19. The Kier molecular flexibility index (Phi) is 3.54. The lowest BCUT2D eigenvalue weighted by Gasteiger charge is -2.16. The molecule has 0 unspecified atom stereocenters. The molecule has 5 heteroatoms. The van der Waals surface area contributed by atoms with Crippen molar-refractivity contribution in [1.29, 1.82) is 0 Å². The summed E-state index contributed by atoms with van der Waals surface area (Å²) in [6.45, 7) is -1.63. The number of hydrogen-bond acceptors (Lipinski definition) is 5. The van der Waals surface area contributed by atoms with E-state index in [1.165, 1.54) is 24.3 Å². The van der Waals surface area contributed by atoms with Crippen molar-refractivity contribution in [2.75, 3.05) is 0 Å². The summed E-state index contributed by atoms with van der Waals surface area (Å²) in [6, 6.07) is 12.3. The molecular formula is C13H12O5. The largest absolute Gasteiger partial charge is 0.504 e. The number of hydrogen-bond donors (Lipinski definition) is 3. The minimum atomic E-state index is -1.63. The molecule has 0 heterocycles. The summed E-state index contributed by atoms with van der Waals surface area (Å²) in [6.07, 6.45) is 0. The van der Waals surface area contributed by atoms with Crippen LogP contribution >= 0.6 is 0 Å². The van der Waals surface area contributed by atoms with Gasteiger partial charge in [-0.3, -0.25) is 0 Å². The molecule has 0 bridgehead atoms. The molecule has 5 nitrogen and oxygen atoms in total. The minimum absolute atomic E-state index is 0.0837. The zero-order valence-corrected chi connectivity index (χ0v) is 9.35. The predicted octanol–water partition coefficient (Wildman–Crippen LogP) is 1.83. The van der Waals surface area contributed by atoms with E-state index < -0.39 is 6.48 Å². The smallest absolute Gasteiger partial charge is 0.358 e. The molecule has 0 aromatic heterocycles. The van der Waals surface area contributed by atoms with Crippen LogP contribution in [0.5, 0.6) is 23.0 Å². The Morgan fingerprint density at radius 3 is 1.50 bits per heavy atom. The maximum absolute atomic E-state index is 9.54. The standard InChI is InChI=1S/C13H12O5/c14-9-5-1-3-7-11(9)17-13(16)18-12-8-4-2-6-10(12)15/h1-8,13-16H. The Balaban J connectivity index is 2.04. The molecule has 0 spiro atoms. The first kappa shape index (κ1) is 12.1. The number of rotatable bonds is 4. The van der Waals surface area contributed by atoms with E-state index in [1.807, 2.05) is 0 Å². The van der Waals surface area contributed by atoms with Crippen LogP contribution in [0.2, 0.25) is 0 Å². The summed E-state index contributed by atoms with van der Waals surface area (Å²) in [5, 5.41) is 28.4. The highest BCUT2D eigenvalue weighted by molar-refractivity contribution is 5.39. The van der Waals surface area contributed by atoms with Crippen LogP contribution in [-0.4, -0.2) is 21.8 Å². The monoisotopic (exact) mass is 248 g/mol. The van der Waals surface area contributed by atoms with Gasteiger partial charge in [0.25, 0.3) is 0 Å². The van der Waals surface area contributed by atoms with Gasteiger partial charge in [-0.2, -0.15) is 0 Å². The number of ether oxygens (including phenoxy) is 2. The molecule has 2 aromatic carbocycles. The second-order valence-corrected chi connectivity index (χ2v) is 3.48. The van der Waals surface area contributed by atoms with Crippen molar-refractivity contribution in [2.24, 2.45) is 0 Å². The fourth-order valence-electron chi connectivity index (χ4n) is 1.35. The Morgan fingerprint density at radius 1 is 0.722 bits per heavy atom. The van der Waals surface area contributed by atoms with Gasteiger partial charge in [0.2, 0.25) is 0 Å². The molecule has 0 aliphatic carbocycles. The Hall–Kier alpha value is -2.40. The first-order valence-electron chi connectivity index (χ1n) is 5.24. The van der Waals surface area contributed by atoms with Crippen LogP contribution in [0.3, 0.4) is 0 Å². The van der Waals surface area contributed by atoms with E-state index in [-0.39, 0.29) is 23.0 Å². The lowest BCUT2D eigenvalue weighted by atomic mass is 10.3. The molecule has 0 aliphatic heterocycles. The summed E-state index contributed by atoms with van der Waals surface area (Å²) >= 11 is 0. The number of benzene rings is 2. The quantitative estimate of drug-likeness (QED) is 0.719. The molecule has 0 radical (unpaired) electrons. The van der Waals surface area contributed by atoms with Crippen LogP contribution in [0.4, 0.5) is 0 Å². The zero-order chi connectivity index (χ0) is 13.0. The molecule has 2 rings (SSSR count). The second-order valence-electron chi connectivity index (χ2n) is 3.48. The van der Waals surface area contributed by atoms with Gasteiger partial charge in [0.15, 0.2) is 23.0 Å². The average Bonchev–Trinajstić information content (AvgIpc) is 2.35. The van der Waals surface area contributed by atoms with E-state index >= 15 is 0 Å². The Morgan fingerprint density at radius 2 is 1.11 bits per heavy atom.